The summed E-state index contributed by atoms with van der Waals surface area (Å²) in [6.07, 6.45) is 5.24. The van der Waals surface area contributed by atoms with Crippen molar-refractivity contribution in [2.75, 3.05) is 20.1 Å². The molecule has 1 heterocycles. The van der Waals surface area contributed by atoms with Gasteiger partial charge in [-0.25, -0.2) is 0 Å². The molecule has 1 saturated carbocycles. The number of nitrogens with zero attached hydrogens (tertiary/aromatic N) is 2. The lowest BCUT2D eigenvalue weighted by Gasteiger charge is -2.36. The Bertz CT molecular complexity index is 673. The highest BCUT2D eigenvalue weighted by atomic mass is 16.2. The molecule has 5 heteroatoms. The molecule has 0 spiro atoms. The van der Waals surface area contributed by atoms with E-state index in [2.05, 4.69) is 13.8 Å². The molecule has 1 saturated heterocycles. The summed E-state index contributed by atoms with van der Waals surface area (Å²) in [5.41, 5.74) is 6.39. The van der Waals surface area contributed by atoms with Gasteiger partial charge in [0.15, 0.2) is 0 Å². The first-order valence-corrected chi connectivity index (χ1v) is 10.2. The number of hydrogen-bond donors (Lipinski definition) is 1. The SMILES string of the molecule is CN(CC(C)(C)CN)C(=O)C1CC2CCCCC2N1C(=O)c1ccccc1. The van der Waals surface area contributed by atoms with Crippen molar-refractivity contribution in [2.24, 2.45) is 17.1 Å². The maximum Gasteiger partial charge on any atom is 0.254 e. The predicted octanol–water partition coefficient (Wildman–Crippen LogP) is 2.90. The van der Waals surface area contributed by atoms with Gasteiger partial charge in [0.25, 0.3) is 5.91 Å². The van der Waals surface area contributed by atoms with Crippen molar-refractivity contribution < 1.29 is 9.59 Å². The number of amides is 2. The van der Waals surface area contributed by atoms with E-state index in [1.807, 2.05) is 42.3 Å². The predicted molar refractivity (Wildman–Crippen MR) is 107 cm³/mol. The second kappa shape index (κ2) is 8.01. The number of carbonyl (C=O) groups is 2. The molecule has 0 bridgehead atoms. The average Bonchev–Trinajstić information content (AvgIpc) is 3.06. The van der Waals surface area contributed by atoms with E-state index in [0.717, 1.165) is 25.7 Å². The van der Waals surface area contributed by atoms with E-state index in [1.165, 1.54) is 6.42 Å². The van der Waals surface area contributed by atoms with Gasteiger partial charge in [-0.05, 0) is 49.3 Å². The van der Waals surface area contributed by atoms with Crippen molar-refractivity contribution >= 4 is 11.8 Å². The summed E-state index contributed by atoms with van der Waals surface area (Å²) in [5, 5.41) is 0. The molecule has 1 aromatic carbocycles. The molecule has 1 aliphatic carbocycles. The number of hydrogen-bond acceptors (Lipinski definition) is 3. The number of nitrogens with two attached hydrogens (primary N) is 1. The summed E-state index contributed by atoms with van der Waals surface area (Å²) in [4.78, 5) is 30.3. The fourth-order valence-electron chi connectivity index (χ4n) is 4.74. The van der Waals surface area contributed by atoms with Crippen molar-refractivity contribution in [3.63, 3.8) is 0 Å². The molecule has 2 aliphatic rings. The van der Waals surface area contributed by atoms with Crippen LogP contribution in [0.25, 0.3) is 0 Å². The van der Waals surface area contributed by atoms with E-state index < -0.39 is 0 Å². The smallest absolute Gasteiger partial charge is 0.254 e. The van der Waals surface area contributed by atoms with Crippen LogP contribution in [-0.2, 0) is 4.79 Å². The molecule has 3 rings (SSSR count). The number of benzene rings is 1. The molecular weight excluding hydrogens is 338 g/mol. The third-order valence-corrected chi connectivity index (χ3v) is 6.22. The van der Waals surface area contributed by atoms with Gasteiger partial charge in [-0.2, -0.15) is 0 Å². The fourth-order valence-corrected chi connectivity index (χ4v) is 4.74. The number of carbonyl (C=O) groups excluding carboxylic acids is 2. The second-order valence-electron chi connectivity index (χ2n) is 9.00. The zero-order valence-corrected chi connectivity index (χ0v) is 16.9. The fraction of sp³-hybridized carbons (Fsp3) is 0.636. The Labute approximate surface area is 162 Å². The van der Waals surface area contributed by atoms with E-state index in [4.69, 9.17) is 5.73 Å². The summed E-state index contributed by atoms with van der Waals surface area (Å²) < 4.78 is 0. The minimum atomic E-state index is -0.357. The first-order chi connectivity index (χ1) is 12.8. The van der Waals surface area contributed by atoms with Crippen LogP contribution in [0.1, 0.15) is 56.3 Å². The van der Waals surface area contributed by atoms with Gasteiger partial charge in [-0.3, -0.25) is 9.59 Å². The van der Waals surface area contributed by atoms with Crippen LogP contribution in [-0.4, -0.2) is 53.8 Å². The molecule has 0 aromatic heterocycles. The zero-order valence-electron chi connectivity index (χ0n) is 16.9. The lowest BCUT2D eigenvalue weighted by molar-refractivity contribution is -0.135. The molecule has 1 aromatic rings. The highest BCUT2D eigenvalue weighted by Crippen LogP contribution is 2.41. The number of likely N-dealkylation sites (N-methyl/N-ethyl adjacent to an activating group) is 1. The summed E-state index contributed by atoms with van der Waals surface area (Å²) in [7, 11) is 1.84. The molecule has 2 amide bonds. The van der Waals surface area contributed by atoms with Crippen LogP contribution in [0.4, 0.5) is 0 Å². The van der Waals surface area contributed by atoms with E-state index in [-0.39, 0.29) is 29.3 Å². The Kier molecular flexibility index (Phi) is 5.89. The van der Waals surface area contributed by atoms with Crippen molar-refractivity contribution in [3.05, 3.63) is 35.9 Å². The Morgan fingerprint density at radius 1 is 1.19 bits per heavy atom. The van der Waals surface area contributed by atoms with E-state index in [9.17, 15) is 9.59 Å². The normalized spacial score (nSPS) is 25.2. The van der Waals surface area contributed by atoms with E-state index >= 15 is 0 Å². The lowest BCUT2D eigenvalue weighted by atomic mass is 9.84. The van der Waals surface area contributed by atoms with Gasteiger partial charge in [-0.15, -0.1) is 0 Å². The van der Waals surface area contributed by atoms with Crippen LogP contribution in [0, 0.1) is 11.3 Å². The van der Waals surface area contributed by atoms with Gasteiger partial charge in [0.2, 0.25) is 5.91 Å². The van der Waals surface area contributed by atoms with Crippen LogP contribution < -0.4 is 5.73 Å². The van der Waals surface area contributed by atoms with Gasteiger partial charge in [0, 0.05) is 25.2 Å². The largest absolute Gasteiger partial charge is 0.343 e. The second-order valence-corrected chi connectivity index (χ2v) is 9.00. The molecule has 0 radical (unpaired) electrons. The molecule has 5 nitrogen and oxygen atoms in total. The Morgan fingerprint density at radius 3 is 2.52 bits per heavy atom. The number of fused-ring (bicyclic) bond motifs is 1. The van der Waals surface area contributed by atoms with Crippen molar-refractivity contribution in [2.45, 2.75) is 58.0 Å². The van der Waals surface area contributed by atoms with Gasteiger partial charge in [0.1, 0.15) is 6.04 Å². The monoisotopic (exact) mass is 371 g/mol. The van der Waals surface area contributed by atoms with E-state index in [1.54, 1.807) is 4.90 Å². The van der Waals surface area contributed by atoms with Gasteiger partial charge in [0.05, 0.1) is 0 Å². The lowest BCUT2D eigenvalue weighted by Crippen LogP contribution is -2.51. The first kappa shape index (κ1) is 19.9. The molecule has 2 N–H and O–H groups in total. The average molecular weight is 372 g/mol. The molecule has 148 valence electrons. The molecule has 2 fully saturated rings. The number of rotatable bonds is 5. The van der Waals surface area contributed by atoms with Crippen LogP contribution in [0.2, 0.25) is 0 Å². The van der Waals surface area contributed by atoms with Crippen molar-refractivity contribution in [1.82, 2.24) is 9.80 Å². The summed E-state index contributed by atoms with van der Waals surface area (Å²) in [6.45, 7) is 5.25. The Morgan fingerprint density at radius 2 is 1.85 bits per heavy atom. The minimum absolute atomic E-state index is 0.00478. The Balaban J connectivity index is 1.85. The quantitative estimate of drug-likeness (QED) is 0.865. The molecule has 1 aliphatic heterocycles. The van der Waals surface area contributed by atoms with Crippen LogP contribution in [0.15, 0.2) is 30.3 Å². The minimum Gasteiger partial charge on any atom is -0.343 e. The standard InChI is InChI=1S/C22H33N3O2/c1-22(2,14-23)15-24(3)21(27)19-13-17-11-7-8-12-18(17)25(19)20(26)16-9-5-4-6-10-16/h4-6,9-10,17-19H,7-8,11-15,23H2,1-3H3. The van der Waals surface area contributed by atoms with Gasteiger partial charge < -0.3 is 15.5 Å². The van der Waals surface area contributed by atoms with Crippen molar-refractivity contribution in [3.8, 4) is 0 Å². The molecule has 3 atom stereocenters. The molecular formula is C22H33N3O2. The maximum atomic E-state index is 13.3. The first-order valence-electron chi connectivity index (χ1n) is 10.2. The van der Waals surface area contributed by atoms with E-state index in [0.29, 0.717) is 24.6 Å². The number of likely N-dealkylation sites (tertiary alicyclic amines) is 1. The summed E-state index contributed by atoms with van der Waals surface area (Å²) >= 11 is 0. The van der Waals surface area contributed by atoms with Crippen LogP contribution in [0.3, 0.4) is 0 Å². The Hall–Kier alpha value is -1.88. The van der Waals surface area contributed by atoms with Gasteiger partial charge >= 0.3 is 0 Å². The zero-order chi connectivity index (χ0) is 19.6. The highest BCUT2D eigenvalue weighted by molar-refractivity contribution is 5.98. The van der Waals surface area contributed by atoms with Crippen LogP contribution in [0.5, 0.6) is 0 Å². The third kappa shape index (κ3) is 4.18. The topological polar surface area (TPSA) is 66.6 Å². The van der Waals surface area contributed by atoms with Gasteiger partial charge in [-0.1, -0.05) is 44.9 Å². The third-order valence-electron chi connectivity index (χ3n) is 6.22. The summed E-state index contributed by atoms with van der Waals surface area (Å²) in [5.74, 6) is 0.487. The molecule has 3 unspecified atom stereocenters. The van der Waals surface area contributed by atoms with Crippen LogP contribution >= 0.6 is 0 Å². The maximum absolute atomic E-state index is 13.3. The van der Waals surface area contributed by atoms with Crippen molar-refractivity contribution in [1.29, 1.82) is 0 Å². The highest BCUT2D eigenvalue weighted by Gasteiger charge is 2.48. The summed E-state index contributed by atoms with van der Waals surface area (Å²) in [6, 6.07) is 9.21. The molecule has 27 heavy (non-hydrogen) atoms.